The molecule has 0 aromatic heterocycles. The second-order valence-corrected chi connectivity index (χ2v) is 7.09. The quantitative estimate of drug-likeness (QED) is 0.831. The zero-order chi connectivity index (χ0) is 13.3. The van der Waals surface area contributed by atoms with Crippen LogP contribution in [0.1, 0.15) is 58.3 Å². The van der Waals surface area contributed by atoms with Crippen molar-refractivity contribution in [2.45, 2.75) is 64.3 Å². The molecule has 3 aliphatic rings. The number of amides is 1. The molecule has 0 spiro atoms. The molecule has 0 bridgehead atoms. The summed E-state index contributed by atoms with van der Waals surface area (Å²) in [5.41, 5.74) is -0.128. The van der Waals surface area contributed by atoms with Crippen LogP contribution in [0.25, 0.3) is 0 Å². The third-order valence-electron chi connectivity index (χ3n) is 5.64. The van der Waals surface area contributed by atoms with Gasteiger partial charge in [0, 0.05) is 19.1 Å². The molecule has 1 amide bonds. The summed E-state index contributed by atoms with van der Waals surface area (Å²) in [6.45, 7) is 5.05. The van der Waals surface area contributed by atoms with Crippen molar-refractivity contribution in [3.8, 4) is 0 Å². The average Bonchev–Trinajstić information content (AvgIpc) is 3.08. The van der Waals surface area contributed by atoms with Gasteiger partial charge in [-0.05, 0) is 51.5 Å². The lowest BCUT2D eigenvalue weighted by Gasteiger charge is -2.37. The Labute approximate surface area is 117 Å². The largest absolute Gasteiger partial charge is 0.339 e. The van der Waals surface area contributed by atoms with Gasteiger partial charge in [-0.3, -0.25) is 4.79 Å². The second kappa shape index (κ2) is 5.43. The molecular formula is C16H28N2O. The number of nitrogens with zero attached hydrogens (tertiary/aromatic N) is 1. The SMILES string of the molecule is CC1(C(=O)N2CCCC2C2CCCCC2)CCNC1. The van der Waals surface area contributed by atoms with Crippen molar-refractivity contribution in [2.75, 3.05) is 19.6 Å². The minimum atomic E-state index is -0.128. The summed E-state index contributed by atoms with van der Waals surface area (Å²) in [4.78, 5) is 15.2. The van der Waals surface area contributed by atoms with Crippen LogP contribution in [0, 0.1) is 11.3 Å². The summed E-state index contributed by atoms with van der Waals surface area (Å²) in [6.07, 6.45) is 10.3. The molecule has 2 aliphatic heterocycles. The summed E-state index contributed by atoms with van der Waals surface area (Å²) in [5, 5.41) is 3.36. The van der Waals surface area contributed by atoms with Gasteiger partial charge >= 0.3 is 0 Å². The number of rotatable bonds is 2. The molecular weight excluding hydrogens is 236 g/mol. The Morgan fingerprint density at radius 1 is 1.16 bits per heavy atom. The Kier molecular flexibility index (Phi) is 3.84. The first-order valence-corrected chi connectivity index (χ1v) is 8.22. The third kappa shape index (κ3) is 2.54. The van der Waals surface area contributed by atoms with Gasteiger partial charge in [-0.2, -0.15) is 0 Å². The molecule has 3 rings (SSSR count). The van der Waals surface area contributed by atoms with Crippen LogP contribution in [0.15, 0.2) is 0 Å². The highest BCUT2D eigenvalue weighted by Gasteiger charge is 2.44. The lowest BCUT2D eigenvalue weighted by atomic mass is 9.81. The van der Waals surface area contributed by atoms with Gasteiger partial charge in [0.1, 0.15) is 0 Å². The first-order valence-electron chi connectivity index (χ1n) is 8.22. The Balaban J connectivity index is 1.70. The molecule has 3 heteroatoms. The minimum absolute atomic E-state index is 0.128. The highest BCUT2D eigenvalue weighted by atomic mass is 16.2. The molecule has 1 aliphatic carbocycles. The lowest BCUT2D eigenvalue weighted by Crippen LogP contribution is -2.48. The summed E-state index contributed by atoms with van der Waals surface area (Å²) in [7, 11) is 0. The van der Waals surface area contributed by atoms with E-state index in [0.717, 1.165) is 32.0 Å². The van der Waals surface area contributed by atoms with Gasteiger partial charge in [-0.25, -0.2) is 0 Å². The standard InChI is InChI=1S/C16H28N2O/c1-16(9-10-17-12-16)15(19)18-11-5-8-14(18)13-6-3-2-4-7-13/h13-14,17H,2-12H2,1H3. The van der Waals surface area contributed by atoms with Gasteiger partial charge in [0.05, 0.1) is 5.41 Å². The van der Waals surface area contributed by atoms with E-state index in [-0.39, 0.29) is 5.41 Å². The molecule has 2 saturated heterocycles. The lowest BCUT2D eigenvalue weighted by molar-refractivity contribution is -0.142. The van der Waals surface area contributed by atoms with Gasteiger partial charge in [-0.1, -0.05) is 19.3 Å². The van der Waals surface area contributed by atoms with Crippen LogP contribution in [0.4, 0.5) is 0 Å². The summed E-state index contributed by atoms with van der Waals surface area (Å²) < 4.78 is 0. The molecule has 2 heterocycles. The number of likely N-dealkylation sites (tertiary alicyclic amines) is 1. The van der Waals surface area contributed by atoms with E-state index in [1.54, 1.807) is 0 Å². The third-order valence-corrected chi connectivity index (χ3v) is 5.64. The van der Waals surface area contributed by atoms with Crippen LogP contribution < -0.4 is 5.32 Å². The van der Waals surface area contributed by atoms with E-state index in [9.17, 15) is 4.79 Å². The highest BCUT2D eigenvalue weighted by molar-refractivity contribution is 5.83. The van der Waals surface area contributed by atoms with E-state index < -0.39 is 0 Å². The first-order chi connectivity index (χ1) is 9.21. The van der Waals surface area contributed by atoms with Gasteiger partial charge in [-0.15, -0.1) is 0 Å². The van der Waals surface area contributed by atoms with Crippen molar-refractivity contribution >= 4 is 5.91 Å². The molecule has 3 fully saturated rings. The molecule has 2 atom stereocenters. The first kappa shape index (κ1) is 13.4. The van der Waals surface area contributed by atoms with Gasteiger partial charge in [0.25, 0.3) is 0 Å². The molecule has 3 nitrogen and oxygen atoms in total. The van der Waals surface area contributed by atoms with Crippen LogP contribution in [-0.4, -0.2) is 36.5 Å². The van der Waals surface area contributed by atoms with Gasteiger partial charge in [0.2, 0.25) is 5.91 Å². The Morgan fingerprint density at radius 2 is 1.95 bits per heavy atom. The van der Waals surface area contributed by atoms with E-state index in [1.165, 1.54) is 44.9 Å². The molecule has 0 aromatic rings. The van der Waals surface area contributed by atoms with Crippen molar-refractivity contribution < 1.29 is 4.79 Å². The number of carbonyl (C=O) groups excluding carboxylic acids is 1. The van der Waals surface area contributed by atoms with Crippen LogP contribution in [0.3, 0.4) is 0 Å². The smallest absolute Gasteiger partial charge is 0.230 e. The fourth-order valence-electron chi connectivity index (χ4n) is 4.40. The summed E-state index contributed by atoms with van der Waals surface area (Å²) >= 11 is 0. The zero-order valence-corrected chi connectivity index (χ0v) is 12.3. The van der Waals surface area contributed by atoms with E-state index in [2.05, 4.69) is 17.1 Å². The number of carbonyl (C=O) groups is 1. The van der Waals surface area contributed by atoms with Crippen LogP contribution in [0.2, 0.25) is 0 Å². The molecule has 0 radical (unpaired) electrons. The minimum Gasteiger partial charge on any atom is -0.339 e. The second-order valence-electron chi connectivity index (χ2n) is 7.09. The normalized spacial score (nSPS) is 36.9. The zero-order valence-electron chi connectivity index (χ0n) is 12.3. The maximum atomic E-state index is 12.9. The Bertz CT molecular complexity index is 330. The molecule has 1 saturated carbocycles. The van der Waals surface area contributed by atoms with Crippen molar-refractivity contribution in [3.05, 3.63) is 0 Å². The molecule has 0 aromatic carbocycles. The Hall–Kier alpha value is -0.570. The monoisotopic (exact) mass is 264 g/mol. The fourth-order valence-corrected chi connectivity index (χ4v) is 4.40. The number of hydrogen-bond donors (Lipinski definition) is 1. The van der Waals surface area contributed by atoms with E-state index in [4.69, 9.17) is 0 Å². The maximum absolute atomic E-state index is 12.9. The van der Waals surface area contributed by atoms with E-state index in [0.29, 0.717) is 11.9 Å². The van der Waals surface area contributed by atoms with Crippen LogP contribution in [0.5, 0.6) is 0 Å². The highest BCUT2D eigenvalue weighted by Crippen LogP contribution is 2.37. The molecule has 19 heavy (non-hydrogen) atoms. The van der Waals surface area contributed by atoms with Crippen molar-refractivity contribution in [3.63, 3.8) is 0 Å². The van der Waals surface area contributed by atoms with Crippen LogP contribution in [-0.2, 0) is 4.79 Å². The topological polar surface area (TPSA) is 32.3 Å². The molecule has 1 N–H and O–H groups in total. The summed E-state index contributed by atoms with van der Waals surface area (Å²) in [5.74, 6) is 1.23. The summed E-state index contributed by atoms with van der Waals surface area (Å²) in [6, 6.07) is 0.560. The predicted octanol–water partition coefficient (Wildman–Crippen LogP) is 2.56. The van der Waals surface area contributed by atoms with Crippen LogP contribution >= 0.6 is 0 Å². The Morgan fingerprint density at radius 3 is 2.63 bits per heavy atom. The van der Waals surface area contributed by atoms with Crippen molar-refractivity contribution in [1.29, 1.82) is 0 Å². The van der Waals surface area contributed by atoms with Gasteiger partial charge < -0.3 is 10.2 Å². The average molecular weight is 264 g/mol. The fraction of sp³-hybridized carbons (Fsp3) is 0.938. The van der Waals surface area contributed by atoms with E-state index in [1.807, 2.05) is 0 Å². The molecule has 108 valence electrons. The van der Waals surface area contributed by atoms with Gasteiger partial charge in [0.15, 0.2) is 0 Å². The molecule has 2 unspecified atom stereocenters. The maximum Gasteiger partial charge on any atom is 0.230 e. The van der Waals surface area contributed by atoms with Crippen molar-refractivity contribution in [2.24, 2.45) is 11.3 Å². The van der Waals surface area contributed by atoms with Crippen molar-refractivity contribution in [1.82, 2.24) is 10.2 Å². The predicted molar refractivity (Wildman–Crippen MR) is 76.9 cm³/mol. The number of nitrogens with one attached hydrogen (secondary N) is 1. The van der Waals surface area contributed by atoms with E-state index >= 15 is 0 Å². The number of hydrogen-bond acceptors (Lipinski definition) is 2.